The van der Waals surface area contributed by atoms with Crippen LogP contribution in [-0.2, 0) is 4.79 Å². The van der Waals surface area contributed by atoms with Gasteiger partial charge in [0.05, 0.1) is 19.0 Å². The molecule has 0 bridgehead atoms. The lowest BCUT2D eigenvalue weighted by atomic mass is 10.2. The molecule has 3 aliphatic rings. The van der Waals surface area contributed by atoms with E-state index in [0.29, 0.717) is 35.3 Å². The van der Waals surface area contributed by atoms with Crippen LogP contribution in [0.4, 0.5) is 11.6 Å². The van der Waals surface area contributed by atoms with E-state index in [1.165, 1.54) is 6.20 Å². The molecule has 0 radical (unpaired) electrons. The SMILES string of the molecule is C=C(/N=C1\C(=C/N)C=C(C(=O)NC)N1C1CCCC1)Nc1cnc(N2CCN(CCO)CC2)cn1. The molecule has 2 fully saturated rings. The number of aromatic nitrogens is 2. The van der Waals surface area contributed by atoms with Crippen LogP contribution < -0.4 is 21.3 Å². The first-order valence-corrected chi connectivity index (χ1v) is 12.1. The van der Waals surface area contributed by atoms with Crippen molar-refractivity contribution in [3.05, 3.63) is 48.3 Å². The third-order valence-electron chi connectivity index (χ3n) is 6.63. The van der Waals surface area contributed by atoms with Gasteiger partial charge in [0.25, 0.3) is 5.91 Å². The largest absolute Gasteiger partial charge is 0.404 e. The van der Waals surface area contributed by atoms with Crippen molar-refractivity contribution in [1.29, 1.82) is 0 Å². The van der Waals surface area contributed by atoms with Gasteiger partial charge < -0.3 is 31.3 Å². The summed E-state index contributed by atoms with van der Waals surface area (Å²) in [5, 5.41) is 14.9. The van der Waals surface area contributed by atoms with Crippen molar-refractivity contribution in [1.82, 2.24) is 25.1 Å². The molecule has 1 aromatic heterocycles. The smallest absolute Gasteiger partial charge is 0.267 e. The molecule has 0 atom stereocenters. The number of amides is 1. The Morgan fingerprint density at radius 1 is 1.26 bits per heavy atom. The predicted octanol–water partition coefficient (Wildman–Crippen LogP) is 0.603. The van der Waals surface area contributed by atoms with Gasteiger partial charge in [0.1, 0.15) is 29.0 Å². The van der Waals surface area contributed by atoms with Gasteiger partial charge in [0.2, 0.25) is 0 Å². The van der Waals surface area contributed by atoms with Gasteiger partial charge in [-0.25, -0.2) is 15.0 Å². The van der Waals surface area contributed by atoms with Crippen molar-refractivity contribution in [2.45, 2.75) is 31.7 Å². The molecular formula is C24H35N9O2. The molecule has 35 heavy (non-hydrogen) atoms. The monoisotopic (exact) mass is 481 g/mol. The Balaban J connectivity index is 1.45. The highest BCUT2D eigenvalue weighted by Crippen LogP contribution is 2.33. The van der Waals surface area contributed by atoms with Crippen molar-refractivity contribution >= 4 is 23.4 Å². The zero-order valence-electron chi connectivity index (χ0n) is 20.3. The Bertz CT molecular complexity index is 1000. The molecule has 1 aromatic rings. The summed E-state index contributed by atoms with van der Waals surface area (Å²) in [5.74, 6) is 2.17. The summed E-state index contributed by atoms with van der Waals surface area (Å²) in [6.07, 6.45) is 10.9. The van der Waals surface area contributed by atoms with E-state index in [1.54, 1.807) is 25.5 Å². The summed E-state index contributed by atoms with van der Waals surface area (Å²) in [4.78, 5) is 32.7. The average molecular weight is 482 g/mol. The molecule has 1 amide bonds. The number of carbonyl (C=O) groups excluding carboxylic acids is 1. The average Bonchev–Trinajstić information content (AvgIpc) is 3.52. The fourth-order valence-electron chi connectivity index (χ4n) is 4.81. The third kappa shape index (κ3) is 5.63. The third-order valence-corrected chi connectivity index (χ3v) is 6.63. The minimum atomic E-state index is -0.168. The molecule has 1 aliphatic carbocycles. The number of likely N-dealkylation sites (N-methyl/N-ethyl adjacent to an activating group) is 1. The highest BCUT2D eigenvalue weighted by atomic mass is 16.3. The molecule has 11 heteroatoms. The predicted molar refractivity (Wildman–Crippen MR) is 136 cm³/mol. The highest BCUT2D eigenvalue weighted by Gasteiger charge is 2.36. The van der Waals surface area contributed by atoms with E-state index in [-0.39, 0.29) is 18.6 Å². The van der Waals surface area contributed by atoms with Crippen LogP contribution in [0.2, 0.25) is 0 Å². The lowest BCUT2D eigenvalue weighted by molar-refractivity contribution is -0.118. The summed E-state index contributed by atoms with van der Waals surface area (Å²) < 4.78 is 0. The maximum Gasteiger partial charge on any atom is 0.267 e. The molecule has 3 heterocycles. The van der Waals surface area contributed by atoms with Crippen LogP contribution in [-0.4, -0.2) is 89.0 Å². The molecule has 1 saturated carbocycles. The lowest BCUT2D eigenvalue weighted by Gasteiger charge is -2.34. The van der Waals surface area contributed by atoms with E-state index in [1.807, 2.05) is 4.90 Å². The number of amidine groups is 1. The van der Waals surface area contributed by atoms with E-state index < -0.39 is 0 Å². The fraction of sp³-hybridized carbons (Fsp3) is 0.500. The molecule has 2 aliphatic heterocycles. The number of anilines is 2. The molecule has 4 rings (SSSR count). The Kier molecular flexibility index (Phi) is 7.98. The van der Waals surface area contributed by atoms with Crippen LogP contribution >= 0.6 is 0 Å². The Hall–Kier alpha value is -3.44. The van der Waals surface area contributed by atoms with Gasteiger partial charge in [-0.1, -0.05) is 19.4 Å². The van der Waals surface area contributed by atoms with E-state index >= 15 is 0 Å². The van der Waals surface area contributed by atoms with E-state index in [2.05, 4.69) is 37.0 Å². The number of nitrogens with zero attached hydrogens (tertiary/aromatic N) is 6. The molecule has 188 valence electrons. The number of nitrogens with one attached hydrogen (secondary N) is 2. The summed E-state index contributed by atoms with van der Waals surface area (Å²) in [7, 11) is 1.62. The van der Waals surface area contributed by atoms with Crippen LogP contribution in [0.25, 0.3) is 0 Å². The van der Waals surface area contributed by atoms with Gasteiger partial charge in [-0.15, -0.1) is 0 Å². The Labute approximate surface area is 206 Å². The second-order valence-electron chi connectivity index (χ2n) is 8.86. The van der Waals surface area contributed by atoms with Crippen molar-refractivity contribution in [3.8, 4) is 0 Å². The van der Waals surface area contributed by atoms with Crippen LogP contribution in [0.3, 0.4) is 0 Å². The first-order chi connectivity index (χ1) is 17.0. The standard InChI is InChI=1S/C24H35N9O2/c1-17(29-21-15-28-22(16-27-21)32-9-7-31(8-10-32)11-12-34)30-23-18(14-25)13-20(24(35)26-2)33(23)19-5-3-4-6-19/h13-16,19,34H,1,3-12,25H2,2H3,(H,26,35)(H,27,29)/b18-14-,30-23+. The fourth-order valence-corrected chi connectivity index (χ4v) is 4.81. The number of aliphatic hydroxyl groups excluding tert-OH is 1. The van der Waals surface area contributed by atoms with Gasteiger partial charge in [-0.2, -0.15) is 0 Å². The van der Waals surface area contributed by atoms with Crippen molar-refractivity contribution in [3.63, 3.8) is 0 Å². The number of β-amino-alcohol motifs (C(OH)–C–C–N with tert-alkyl or cyclic N) is 1. The molecule has 0 unspecified atom stereocenters. The van der Waals surface area contributed by atoms with E-state index in [9.17, 15) is 4.79 Å². The first kappa shape index (κ1) is 24.7. The normalized spacial score (nSPS) is 21.6. The number of hydrogen-bond acceptors (Lipinski definition) is 9. The first-order valence-electron chi connectivity index (χ1n) is 12.1. The second kappa shape index (κ2) is 11.3. The molecule has 0 spiro atoms. The van der Waals surface area contributed by atoms with Crippen LogP contribution in [0.5, 0.6) is 0 Å². The van der Waals surface area contributed by atoms with Crippen molar-refractivity contribution < 1.29 is 9.90 Å². The number of hydrogen-bond donors (Lipinski definition) is 4. The number of aliphatic hydroxyl groups is 1. The topological polar surface area (TPSA) is 135 Å². The molecule has 5 N–H and O–H groups in total. The maximum absolute atomic E-state index is 12.6. The highest BCUT2D eigenvalue weighted by molar-refractivity contribution is 6.12. The van der Waals surface area contributed by atoms with Crippen LogP contribution in [0.15, 0.2) is 53.3 Å². The van der Waals surface area contributed by atoms with Crippen LogP contribution in [0, 0.1) is 0 Å². The summed E-state index contributed by atoms with van der Waals surface area (Å²) in [6.45, 7) is 8.38. The molecular weight excluding hydrogens is 446 g/mol. The van der Waals surface area contributed by atoms with Crippen molar-refractivity contribution in [2.75, 3.05) is 56.6 Å². The minimum Gasteiger partial charge on any atom is -0.404 e. The van der Waals surface area contributed by atoms with Gasteiger partial charge in [0.15, 0.2) is 0 Å². The molecule has 11 nitrogen and oxygen atoms in total. The zero-order valence-corrected chi connectivity index (χ0v) is 20.3. The van der Waals surface area contributed by atoms with Gasteiger partial charge >= 0.3 is 0 Å². The van der Waals surface area contributed by atoms with Gasteiger partial charge in [-0.05, 0) is 18.9 Å². The Morgan fingerprint density at radius 3 is 2.60 bits per heavy atom. The number of piperazine rings is 1. The van der Waals surface area contributed by atoms with Crippen molar-refractivity contribution in [2.24, 2.45) is 10.7 Å². The minimum absolute atomic E-state index is 0.168. The lowest BCUT2D eigenvalue weighted by Crippen LogP contribution is -2.47. The van der Waals surface area contributed by atoms with E-state index in [4.69, 9.17) is 15.8 Å². The van der Waals surface area contributed by atoms with Crippen LogP contribution in [0.1, 0.15) is 25.7 Å². The number of aliphatic imine (C=N–C) groups is 1. The number of carbonyl (C=O) groups is 1. The summed E-state index contributed by atoms with van der Waals surface area (Å²) in [6, 6.07) is 0.194. The Morgan fingerprint density at radius 2 is 2.00 bits per heavy atom. The molecule has 1 saturated heterocycles. The number of rotatable bonds is 8. The second-order valence-corrected chi connectivity index (χ2v) is 8.86. The maximum atomic E-state index is 12.6. The van der Waals surface area contributed by atoms with Gasteiger partial charge in [-0.3, -0.25) is 9.69 Å². The molecule has 0 aromatic carbocycles. The van der Waals surface area contributed by atoms with E-state index in [0.717, 1.165) is 57.7 Å². The zero-order chi connectivity index (χ0) is 24.8. The quantitative estimate of drug-likeness (QED) is 0.421. The summed E-state index contributed by atoms with van der Waals surface area (Å²) >= 11 is 0. The summed E-state index contributed by atoms with van der Waals surface area (Å²) in [5.41, 5.74) is 7.12. The number of nitrogens with two attached hydrogens (primary N) is 1. The van der Waals surface area contributed by atoms with Gasteiger partial charge in [0, 0.05) is 57.6 Å².